The third-order valence-electron chi connectivity index (χ3n) is 1.37. The molecular weight excluding hydrogens is 178 g/mol. The van der Waals surface area contributed by atoms with Crippen molar-refractivity contribution >= 4 is 5.97 Å². The molecule has 0 spiro atoms. The number of esters is 1. The van der Waals surface area contributed by atoms with Crippen molar-refractivity contribution in [3.8, 4) is 0 Å². The SMILES string of the molecule is Cc1oc(=O)oc1COC(=O)CN. The standard InChI is InChI=1S/C7H9NO5/c1-4-5(13-7(10)12-4)3-11-6(9)2-8/h2-3,8H2,1H3. The summed E-state index contributed by atoms with van der Waals surface area (Å²) in [7, 11) is 0. The van der Waals surface area contributed by atoms with E-state index in [0.29, 0.717) is 5.76 Å². The summed E-state index contributed by atoms with van der Waals surface area (Å²) in [5.41, 5.74) is 4.99. The molecule has 2 N–H and O–H groups in total. The molecular formula is C7H9NO5. The smallest absolute Gasteiger partial charge is 0.456 e. The normalized spacial score (nSPS) is 10.0. The van der Waals surface area contributed by atoms with Crippen LogP contribution in [0.3, 0.4) is 0 Å². The van der Waals surface area contributed by atoms with Crippen LogP contribution in [0.1, 0.15) is 11.5 Å². The maximum atomic E-state index is 10.6. The van der Waals surface area contributed by atoms with E-state index in [0.717, 1.165) is 0 Å². The van der Waals surface area contributed by atoms with Crippen LogP contribution < -0.4 is 11.6 Å². The van der Waals surface area contributed by atoms with Gasteiger partial charge in [-0.2, -0.15) is 0 Å². The predicted octanol–water partition coefficient (Wildman–Crippen LogP) is -0.457. The van der Waals surface area contributed by atoms with Crippen LogP contribution in [0, 0.1) is 6.92 Å². The molecule has 0 fully saturated rings. The lowest BCUT2D eigenvalue weighted by molar-refractivity contribution is -0.143. The highest BCUT2D eigenvalue weighted by molar-refractivity contribution is 5.71. The van der Waals surface area contributed by atoms with Crippen LogP contribution in [0.2, 0.25) is 0 Å². The molecule has 13 heavy (non-hydrogen) atoms. The molecule has 1 aromatic heterocycles. The summed E-state index contributed by atoms with van der Waals surface area (Å²) in [5.74, 6) is -0.874. The fourth-order valence-corrected chi connectivity index (χ4v) is 0.711. The fraction of sp³-hybridized carbons (Fsp3) is 0.429. The van der Waals surface area contributed by atoms with E-state index in [1.807, 2.05) is 0 Å². The maximum absolute atomic E-state index is 10.6. The fourth-order valence-electron chi connectivity index (χ4n) is 0.711. The molecule has 1 aromatic rings. The predicted molar refractivity (Wildman–Crippen MR) is 40.8 cm³/mol. The number of ether oxygens (including phenoxy) is 1. The van der Waals surface area contributed by atoms with Gasteiger partial charge in [0, 0.05) is 0 Å². The molecule has 0 aliphatic rings. The monoisotopic (exact) mass is 187 g/mol. The van der Waals surface area contributed by atoms with Gasteiger partial charge < -0.3 is 19.3 Å². The number of carbonyl (C=O) groups excluding carboxylic acids is 1. The molecule has 0 radical (unpaired) electrons. The molecule has 0 unspecified atom stereocenters. The van der Waals surface area contributed by atoms with Crippen LogP contribution in [0.25, 0.3) is 0 Å². The van der Waals surface area contributed by atoms with Gasteiger partial charge in [-0.25, -0.2) is 4.79 Å². The molecule has 0 aromatic carbocycles. The van der Waals surface area contributed by atoms with Crippen LogP contribution in [-0.2, 0) is 16.1 Å². The second-order valence-electron chi connectivity index (χ2n) is 2.30. The Labute approximate surface area is 73.3 Å². The van der Waals surface area contributed by atoms with Crippen molar-refractivity contribution in [2.75, 3.05) is 6.54 Å². The Balaban J connectivity index is 2.59. The minimum absolute atomic E-state index is 0.131. The Morgan fingerprint density at radius 2 is 2.23 bits per heavy atom. The summed E-state index contributed by atoms with van der Waals surface area (Å²) < 4.78 is 13.7. The first-order valence-electron chi connectivity index (χ1n) is 3.58. The van der Waals surface area contributed by atoms with Gasteiger partial charge in [-0.1, -0.05) is 0 Å². The van der Waals surface area contributed by atoms with Crippen molar-refractivity contribution in [3.63, 3.8) is 0 Å². The molecule has 0 saturated heterocycles. The van der Waals surface area contributed by atoms with E-state index in [1.54, 1.807) is 0 Å². The first kappa shape index (κ1) is 9.53. The molecule has 0 saturated carbocycles. The summed E-state index contributed by atoms with van der Waals surface area (Å²) in [6, 6.07) is 0. The summed E-state index contributed by atoms with van der Waals surface area (Å²) in [5, 5.41) is 0. The summed E-state index contributed by atoms with van der Waals surface area (Å²) in [6.45, 7) is 1.20. The van der Waals surface area contributed by atoms with Crippen LogP contribution in [0.4, 0.5) is 0 Å². The largest absolute Gasteiger partial charge is 0.519 e. The molecule has 0 atom stereocenters. The van der Waals surface area contributed by atoms with Crippen LogP contribution in [0.5, 0.6) is 0 Å². The van der Waals surface area contributed by atoms with E-state index >= 15 is 0 Å². The molecule has 1 heterocycles. The van der Waals surface area contributed by atoms with Gasteiger partial charge in [-0.05, 0) is 6.92 Å². The van der Waals surface area contributed by atoms with Crippen LogP contribution in [-0.4, -0.2) is 12.5 Å². The van der Waals surface area contributed by atoms with E-state index in [1.165, 1.54) is 6.92 Å². The molecule has 0 bridgehead atoms. The molecule has 6 heteroatoms. The summed E-state index contributed by atoms with van der Waals surface area (Å²) in [6.07, 6.45) is 0. The number of aryl methyl sites for hydroxylation is 1. The first-order valence-corrected chi connectivity index (χ1v) is 3.58. The average Bonchev–Trinajstić information content (AvgIpc) is 2.41. The highest BCUT2D eigenvalue weighted by atomic mass is 16.6. The topological polar surface area (TPSA) is 95.7 Å². The molecule has 1 rings (SSSR count). The van der Waals surface area contributed by atoms with Gasteiger partial charge >= 0.3 is 11.8 Å². The second-order valence-corrected chi connectivity index (χ2v) is 2.30. The van der Waals surface area contributed by atoms with Crippen molar-refractivity contribution in [2.24, 2.45) is 5.73 Å². The van der Waals surface area contributed by atoms with Gasteiger partial charge in [0.25, 0.3) is 0 Å². The van der Waals surface area contributed by atoms with E-state index in [2.05, 4.69) is 13.6 Å². The van der Waals surface area contributed by atoms with Gasteiger partial charge in [0.15, 0.2) is 18.1 Å². The minimum atomic E-state index is -0.809. The maximum Gasteiger partial charge on any atom is 0.519 e. The van der Waals surface area contributed by atoms with Gasteiger partial charge in [0.1, 0.15) is 0 Å². The third-order valence-corrected chi connectivity index (χ3v) is 1.37. The Bertz CT molecular complexity index is 350. The number of hydrogen-bond acceptors (Lipinski definition) is 6. The number of nitrogens with two attached hydrogens (primary N) is 1. The van der Waals surface area contributed by atoms with Gasteiger partial charge in [0.2, 0.25) is 0 Å². The molecule has 6 nitrogen and oxygen atoms in total. The van der Waals surface area contributed by atoms with Crippen molar-refractivity contribution < 1.29 is 18.4 Å². The van der Waals surface area contributed by atoms with Crippen LogP contribution >= 0.6 is 0 Å². The zero-order valence-electron chi connectivity index (χ0n) is 7.03. The Morgan fingerprint density at radius 1 is 1.54 bits per heavy atom. The third kappa shape index (κ3) is 2.45. The Hall–Kier alpha value is -1.56. The lowest BCUT2D eigenvalue weighted by Crippen LogP contribution is -2.16. The highest BCUT2D eigenvalue weighted by Gasteiger charge is 2.10. The molecule has 0 aliphatic heterocycles. The lowest BCUT2D eigenvalue weighted by atomic mass is 10.4. The molecule has 0 amide bonds. The van der Waals surface area contributed by atoms with Gasteiger partial charge in [0.05, 0.1) is 6.54 Å². The summed E-state index contributed by atoms with van der Waals surface area (Å²) in [4.78, 5) is 21.1. The first-order chi connectivity index (χ1) is 6.13. The van der Waals surface area contributed by atoms with Crippen LogP contribution in [0.15, 0.2) is 13.6 Å². The van der Waals surface area contributed by atoms with E-state index in [-0.39, 0.29) is 18.9 Å². The highest BCUT2D eigenvalue weighted by Crippen LogP contribution is 2.05. The van der Waals surface area contributed by atoms with E-state index < -0.39 is 11.8 Å². The summed E-state index contributed by atoms with van der Waals surface area (Å²) >= 11 is 0. The minimum Gasteiger partial charge on any atom is -0.456 e. The van der Waals surface area contributed by atoms with Crippen molar-refractivity contribution in [1.82, 2.24) is 0 Å². The van der Waals surface area contributed by atoms with E-state index in [9.17, 15) is 9.59 Å². The number of rotatable bonds is 3. The number of carbonyl (C=O) groups is 1. The Kier molecular flexibility index (Phi) is 2.86. The second kappa shape index (κ2) is 3.90. The quantitative estimate of drug-likeness (QED) is 0.643. The van der Waals surface area contributed by atoms with Gasteiger partial charge in [-0.3, -0.25) is 4.79 Å². The number of hydrogen-bond donors (Lipinski definition) is 1. The average molecular weight is 187 g/mol. The van der Waals surface area contributed by atoms with E-state index in [4.69, 9.17) is 5.73 Å². The molecule has 0 aliphatic carbocycles. The lowest BCUT2D eigenvalue weighted by Gasteiger charge is -1.98. The Morgan fingerprint density at radius 3 is 2.69 bits per heavy atom. The van der Waals surface area contributed by atoms with Gasteiger partial charge in [-0.15, -0.1) is 0 Å². The van der Waals surface area contributed by atoms with Crippen molar-refractivity contribution in [3.05, 3.63) is 22.1 Å². The van der Waals surface area contributed by atoms with Crippen molar-refractivity contribution in [1.29, 1.82) is 0 Å². The zero-order chi connectivity index (χ0) is 9.84. The molecule has 72 valence electrons. The van der Waals surface area contributed by atoms with Crippen molar-refractivity contribution in [2.45, 2.75) is 13.5 Å². The zero-order valence-corrected chi connectivity index (χ0v) is 7.03.